The first-order valence-corrected chi connectivity index (χ1v) is 8.35. The number of pyridine rings is 1. The number of aryl methyl sites for hydroxylation is 1. The molecule has 0 saturated carbocycles. The number of unbranched alkanes of at least 4 members (excludes halogenated alkanes) is 1. The molecule has 128 valence electrons. The third-order valence-electron chi connectivity index (χ3n) is 3.70. The van der Waals surface area contributed by atoms with Crippen molar-refractivity contribution in [3.63, 3.8) is 0 Å². The average molecular weight is 334 g/mol. The minimum atomic E-state index is -0.418. The zero-order valence-corrected chi connectivity index (χ0v) is 14.3. The van der Waals surface area contributed by atoms with E-state index in [9.17, 15) is 10.1 Å². The number of aromatic nitrogens is 1. The Morgan fingerprint density at radius 1 is 1.24 bits per heavy atom. The lowest BCUT2D eigenvalue weighted by molar-refractivity contribution is -0.117. The predicted octanol–water partition coefficient (Wildman–Crippen LogP) is 3.56. The van der Waals surface area contributed by atoms with Gasteiger partial charge in [0.05, 0.1) is 0 Å². The Morgan fingerprint density at radius 3 is 2.68 bits per heavy atom. The van der Waals surface area contributed by atoms with E-state index < -0.39 is 5.91 Å². The minimum Gasteiger partial charge on any atom is -0.360 e. The standard InChI is InChI=1S/C20H22N4O/c1-2-3-5-16-7-9-19(10-8-16)23-15-18(12-21)20(25)24-14-17-6-4-11-22-13-17/h4,6-11,13,15,23H,2-3,5,14H2,1H3,(H,24,25)/b18-15-. The smallest absolute Gasteiger partial charge is 0.263 e. The second-order valence-electron chi connectivity index (χ2n) is 5.66. The highest BCUT2D eigenvalue weighted by Gasteiger charge is 2.08. The highest BCUT2D eigenvalue weighted by atomic mass is 16.1. The summed E-state index contributed by atoms with van der Waals surface area (Å²) in [6.07, 6.45) is 8.18. The molecular weight excluding hydrogens is 312 g/mol. The monoisotopic (exact) mass is 334 g/mol. The van der Waals surface area contributed by atoms with Crippen molar-refractivity contribution in [2.75, 3.05) is 5.32 Å². The van der Waals surface area contributed by atoms with Crippen molar-refractivity contribution in [1.29, 1.82) is 5.26 Å². The molecule has 0 radical (unpaired) electrons. The van der Waals surface area contributed by atoms with Gasteiger partial charge in [-0.15, -0.1) is 0 Å². The Labute approximate surface area is 148 Å². The van der Waals surface area contributed by atoms with Gasteiger partial charge < -0.3 is 10.6 Å². The lowest BCUT2D eigenvalue weighted by Crippen LogP contribution is -2.24. The Bertz CT molecular complexity index is 746. The maximum Gasteiger partial charge on any atom is 0.263 e. The number of hydrogen-bond donors (Lipinski definition) is 2. The highest BCUT2D eigenvalue weighted by Crippen LogP contribution is 2.12. The summed E-state index contributed by atoms with van der Waals surface area (Å²) in [6, 6.07) is 13.6. The van der Waals surface area contributed by atoms with Crippen LogP contribution >= 0.6 is 0 Å². The van der Waals surface area contributed by atoms with Crippen molar-refractivity contribution in [2.24, 2.45) is 0 Å². The van der Waals surface area contributed by atoms with Crippen LogP contribution in [0.4, 0.5) is 5.69 Å². The molecule has 1 amide bonds. The minimum absolute atomic E-state index is 0.0268. The van der Waals surface area contributed by atoms with Gasteiger partial charge in [-0.05, 0) is 42.2 Å². The molecule has 25 heavy (non-hydrogen) atoms. The fraction of sp³-hybridized carbons (Fsp3) is 0.250. The molecule has 0 fully saturated rings. The van der Waals surface area contributed by atoms with Gasteiger partial charge in [0.1, 0.15) is 11.6 Å². The second-order valence-corrected chi connectivity index (χ2v) is 5.66. The molecule has 5 heteroatoms. The molecule has 0 unspecified atom stereocenters. The second kappa shape index (κ2) is 9.89. The van der Waals surface area contributed by atoms with Gasteiger partial charge >= 0.3 is 0 Å². The summed E-state index contributed by atoms with van der Waals surface area (Å²) in [5.74, 6) is -0.418. The molecule has 0 aliphatic rings. The van der Waals surface area contributed by atoms with Crippen molar-refractivity contribution >= 4 is 11.6 Å². The van der Waals surface area contributed by atoms with E-state index >= 15 is 0 Å². The number of amides is 1. The quantitative estimate of drug-likeness (QED) is 0.571. The number of nitriles is 1. The maximum atomic E-state index is 12.1. The predicted molar refractivity (Wildman–Crippen MR) is 98.5 cm³/mol. The van der Waals surface area contributed by atoms with Crippen LogP contribution in [-0.4, -0.2) is 10.9 Å². The van der Waals surface area contributed by atoms with E-state index in [1.165, 1.54) is 24.6 Å². The van der Waals surface area contributed by atoms with Crippen LogP contribution in [0.25, 0.3) is 0 Å². The number of nitrogens with zero attached hydrogens (tertiary/aromatic N) is 2. The lowest BCUT2D eigenvalue weighted by Gasteiger charge is -2.06. The van der Waals surface area contributed by atoms with Crippen LogP contribution in [-0.2, 0) is 17.8 Å². The topological polar surface area (TPSA) is 77.8 Å². The summed E-state index contributed by atoms with van der Waals surface area (Å²) in [7, 11) is 0. The number of carbonyl (C=O) groups excluding carboxylic acids is 1. The van der Waals surface area contributed by atoms with Gasteiger partial charge in [0.25, 0.3) is 5.91 Å². The zero-order chi connectivity index (χ0) is 17.9. The number of hydrogen-bond acceptors (Lipinski definition) is 4. The molecule has 0 aliphatic carbocycles. The van der Waals surface area contributed by atoms with Crippen molar-refractivity contribution < 1.29 is 4.79 Å². The zero-order valence-electron chi connectivity index (χ0n) is 14.3. The number of anilines is 1. The molecule has 0 saturated heterocycles. The molecule has 5 nitrogen and oxygen atoms in total. The van der Waals surface area contributed by atoms with Gasteiger partial charge in [-0.2, -0.15) is 5.26 Å². The molecule has 2 aromatic rings. The van der Waals surface area contributed by atoms with Gasteiger partial charge in [0.2, 0.25) is 0 Å². The van der Waals surface area contributed by atoms with E-state index in [0.29, 0.717) is 6.54 Å². The van der Waals surface area contributed by atoms with Crippen LogP contribution in [0.1, 0.15) is 30.9 Å². The van der Waals surface area contributed by atoms with Crippen LogP contribution in [0.3, 0.4) is 0 Å². The van der Waals surface area contributed by atoms with Gasteiger partial charge in [0, 0.05) is 30.8 Å². The summed E-state index contributed by atoms with van der Waals surface area (Å²) < 4.78 is 0. The van der Waals surface area contributed by atoms with Gasteiger partial charge in [-0.3, -0.25) is 9.78 Å². The van der Waals surface area contributed by atoms with Crippen LogP contribution < -0.4 is 10.6 Å². The SMILES string of the molecule is CCCCc1ccc(N/C=C(/C#N)C(=O)NCc2cccnc2)cc1. The lowest BCUT2D eigenvalue weighted by atomic mass is 10.1. The molecule has 1 aromatic heterocycles. The summed E-state index contributed by atoms with van der Waals surface area (Å²) in [4.78, 5) is 16.1. The summed E-state index contributed by atoms with van der Waals surface area (Å²) in [5.41, 5.74) is 3.03. The summed E-state index contributed by atoms with van der Waals surface area (Å²) in [5, 5.41) is 14.9. The molecule has 0 spiro atoms. The largest absolute Gasteiger partial charge is 0.360 e. The highest BCUT2D eigenvalue weighted by molar-refractivity contribution is 5.97. The van der Waals surface area contributed by atoms with Gasteiger partial charge in [-0.1, -0.05) is 31.5 Å². The molecule has 0 aliphatic heterocycles. The Morgan fingerprint density at radius 2 is 2.04 bits per heavy atom. The van der Waals surface area contributed by atoms with Crippen LogP contribution in [0, 0.1) is 11.3 Å². The van der Waals surface area contributed by atoms with Crippen molar-refractivity contribution in [2.45, 2.75) is 32.7 Å². The number of benzene rings is 1. The number of nitrogens with one attached hydrogen (secondary N) is 2. The van der Waals surface area contributed by atoms with Crippen molar-refractivity contribution in [1.82, 2.24) is 10.3 Å². The Hall–Kier alpha value is -3.13. The molecule has 2 rings (SSSR count). The number of rotatable bonds is 8. The average Bonchev–Trinajstić information content (AvgIpc) is 2.67. The first-order chi connectivity index (χ1) is 12.2. The molecular formula is C20H22N4O. The Kier molecular flexibility index (Phi) is 7.20. The van der Waals surface area contributed by atoms with Crippen molar-refractivity contribution in [3.05, 3.63) is 71.7 Å². The first kappa shape index (κ1) is 18.2. The summed E-state index contributed by atoms with van der Waals surface area (Å²) in [6.45, 7) is 2.50. The van der Waals surface area contributed by atoms with E-state index in [0.717, 1.165) is 17.7 Å². The number of carbonyl (C=O) groups is 1. The maximum absolute atomic E-state index is 12.1. The molecule has 1 heterocycles. The van der Waals surface area contributed by atoms with Gasteiger partial charge in [0.15, 0.2) is 0 Å². The third kappa shape index (κ3) is 6.11. The van der Waals surface area contributed by atoms with E-state index in [1.807, 2.05) is 24.3 Å². The summed E-state index contributed by atoms with van der Waals surface area (Å²) >= 11 is 0. The van der Waals surface area contributed by atoms with E-state index in [-0.39, 0.29) is 5.57 Å². The van der Waals surface area contributed by atoms with Crippen LogP contribution in [0.5, 0.6) is 0 Å². The van der Waals surface area contributed by atoms with Gasteiger partial charge in [-0.25, -0.2) is 0 Å². The van der Waals surface area contributed by atoms with Crippen LogP contribution in [0.2, 0.25) is 0 Å². The van der Waals surface area contributed by atoms with E-state index in [1.54, 1.807) is 18.5 Å². The Balaban J connectivity index is 1.90. The first-order valence-electron chi connectivity index (χ1n) is 8.35. The molecule has 0 bridgehead atoms. The normalized spacial score (nSPS) is 10.8. The molecule has 2 N–H and O–H groups in total. The molecule has 0 atom stereocenters. The fourth-order valence-electron chi connectivity index (χ4n) is 2.23. The fourth-order valence-corrected chi connectivity index (χ4v) is 2.23. The van der Waals surface area contributed by atoms with Crippen molar-refractivity contribution in [3.8, 4) is 6.07 Å². The van der Waals surface area contributed by atoms with E-state index in [4.69, 9.17) is 0 Å². The van der Waals surface area contributed by atoms with E-state index in [2.05, 4.69) is 34.7 Å². The van der Waals surface area contributed by atoms with Crippen LogP contribution in [0.15, 0.2) is 60.6 Å². The third-order valence-corrected chi connectivity index (χ3v) is 3.70. The molecule has 1 aromatic carbocycles.